The highest BCUT2D eigenvalue weighted by molar-refractivity contribution is 7.13. The molecule has 1 heterocycles. The van der Waals surface area contributed by atoms with Crippen molar-refractivity contribution in [3.05, 3.63) is 40.9 Å². The lowest BCUT2D eigenvalue weighted by Crippen LogP contribution is -2.32. The van der Waals surface area contributed by atoms with E-state index in [0.717, 1.165) is 25.7 Å². The second-order valence-electron chi connectivity index (χ2n) is 7.04. The Hall–Kier alpha value is -3.27. The van der Waals surface area contributed by atoms with Gasteiger partial charge in [0.05, 0.1) is 5.69 Å². The van der Waals surface area contributed by atoms with Gasteiger partial charge < -0.3 is 15.7 Å². The average molecular weight is 430 g/mol. The van der Waals surface area contributed by atoms with Gasteiger partial charge in [-0.3, -0.25) is 14.9 Å². The van der Waals surface area contributed by atoms with Crippen molar-refractivity contribution in [3.8, 4) is 0 Å². The van der Waals surface area contributed by atoms with Crippen molar-refractivity contribution in [2.45, 2.75) is 38.6 Å². The number of nitrogens with zero attached hydrogens (tertiary/aromatic N) is 1. The topological polar surface area (TPSA) is 137 Å². The van der Waals surface area contributed by atoms with E-state index < -0.39 is 23.9 Å². The van der Waals surface area contributed by atoms with Crippen molar-refractivity contribution in [1.82, 2.24) is 10.3 Å². The number of rotatable bonds is 7. The molecule has 10 heteroatoms. The molecule has 1 aliphatic rings. The van der Waals surface area contributed by atoms with Crippen LogP contribution < -0.4 is 16.0 Å². The lowest BCUT2D eigenvalue weighted by molar-refractivity contribution is -0.141. The predicted molar refractivity (Wildman–Crippen MR) is 112 cm³/mol. The molecular weight excluding hydrogens is 408 g/mol. The van der Waals surface area contributed by atoms with Crippen LogP contribution in [0.15, 0.2) is 29.8 Å². The van der Waals surface area contributed by atoms with E-state index in [1.807, 2.05) is 0 Å². The second-order valence-corrected chi connectivity index (χ2v) is 7.93. The summed E-state index contributed by atoms with van der Waals surface area (Å²) >= 11 is 1.25. The first-order valence-corrected chi connectivity index (χ1v) is 10.4. The normalized spacial score (nSPS) is 14.7. The fourth-order valence-corrected chi connectivity index (χ4v) is 4.01. The molecule has 1 aromatic heterocycles. The van der Waals surface area contributed by atoms with Crippen molar-refractivity contribution in [1.29, 1.82) is 0 Å². The summed E-state index contributed by atoms with van der Waals surface area (Å²) in [6.07, 6.45) is 4.96. The highest BCUT2D eigenvalue weighted by Crippen LogP contribution is 2.32. The van der Waals surface area contributed by atoms with Gasteiger partial charge in [0, 0.05) is 30.0 Å². The fourth-order valence-electron chi connectivity index (χ4n) is 3.49. The van der Waals surface area contributed by atoms with Gasteiger partial charge in [-0.05, 0) is 30.5 Å². The molecule has 3 rings (SSSR count). The van der Waals surface area contributed by atoms with E-state index in [-0.39, 0.29) is 28.5 Å². The summed E-state index contributed by atoms with van der Waals surface area (Å²) in [7, 11) is 0. The smallest absolute Gasteiger partial charge is 0.330 e. The molecule has 0 saturated heterocycles. The Morgan fingerprint density at radius 2 is 1.90 bits per heavy atom. The molecule has 3 amide bonds. The van der Waals surface area contributed by atoms with Crippen molar-refractivity contribution in [3.63, 3.8) is 0 Å². The minimum Gasteiger partial charge on any atom is -0.479 e. The zero-order valence-corrected chi connectivity index (χ0v) is 17.1. The summed E-state index contributed by atoms with van der Waals surface area (Å²) in [5.41, 5.74) is 0.756. The number of anilines is 2. The highest BCUT2D eigenvalue weighted by Gasteiger charge is 2.28. The number of amides is 3. The molecule has 1 aromatic carbocycles. The van der Waals surface area contributed by atoms with Gasteiger partial charge >= 0.3 is 12.0 Å². The summed E-state index contributed by atoms with van der Waals surface area (Å²) in [6.45, 7) is 1.22. The molecule has 1 unspecified atom stereocenters. The Morgan fingerprint density at radius 1 is 1.17 bits per heavy atom. The molecule has 1 saturated carbocycles. The molecule has 0 spiro atoms. The molecule has 1 aliphatic carbocycles. The van der Waals surface area contributed by atoms with E-state index in [4.69, 9.17) is 0 Å². The second kappa shape index (κ2) is 9.49. The molecule has 30 heavy (non-hydrogen) atoms. The van der Waals surface area contributed by atoms with Crippen molar-refractivity contribution >= 4 is 45.8 Å². The molecule has 1 atom stereocenters. The summed E-state index contributed by atoms with van der Waals surface area (Å²) < 4.78 is 0. The molecule has 158 valence electrons. The molecular formula is C20H22N4O5S. The molecule has 0 bridgehead atoms. The van der Waals surface area contributed by atoms with Gasteiger partial charge in [-0.25, -0.2) is 14.6 Å². The SMILES string of the molecule is CC(=O)NC(C(=O)O)c1ccc(NC(=O)Nc2nccs2)c(C(=O)C2CCCC2)c1. The van der Waals surface area contributed by atoms with E-state index >= 15 is 0 Å². The summed E-state index contributed by atoms with van der Waals surface area (Å²) in [5, 5.41) is 19.2. The van der Waals surface area contributed by atoms with E-state index in [2.05, 4.69) is 20.9 Å². The number of Topliss-reactive ketones (excluding diaryl/α,β-unsaturated/α-hetero) is 1. The quantitative estimate of drug-likeness (QED) is 0.497. The Bertz CT molecular complexity index is 954. The Morgan fingerprint density at radius 3 is 2.50 bits per heavy atom. The number of hydrogen-bond donors (Lipinski definition) is 4. The third-order valence-electron chi connectivity index (χ3n) is 4.86. The number of aromatic nitrogens is 1. The van der Waals surface area contributed by atoms with Crippen LogP contribution in [-0.4, -0.2) is 33.8 Å². The monoisotopic (exact) mass is 430 g/mol. The standard InChI is InChI=1S/C20H22N4O5S/c1-11(25)22-16(18(27)28)13-6-7-15(23-19(29)24-20-21-8-9-30-20)14(10-13)17(26)12-4-2-3-5-12/h6-10,12,16H,2-5H2,1H3,(H,22,25)(H,27,28)(H2,21,23,24,29). The van der Waals surface area contributed by atoms with E-state index in [9.17, 15) is 24.3 Å². The number of thiazole rings is 1. The number of benzene rings is 1. The molecule has 2 aromatic rings. The molecule has 1 fully saturated rings. The number of urea groups is 1. The summed E-state index contributed by atoms with van der Waals surface area (Å²) in [6, 6.07) is 2.54. The fraction of sp³-hybridized carbons (Fsp3) is 0.350. The summed E-state index contributed by atoms with van der Waals surface area (Å²) in [4.78, 5) is 52.5. The summed E-state index contributed by atoms with van der Waals surface area (Å²) in [5.74, 6) is -2.07. The number of ketones is 1. The first kappa shape index (κ1) is 21.4. The Kier molecular flexibility index (Phi) is 6.78. The minimum absolute atomic E-state index is 0.147. The Labute approximate surface area is 176 Å². The maximum absolute atomic E-state index is 13.1. The lowest BCUT2D eigenvalue weighted by atomic mass is 9.92. The van der Waals surface area contributed by atoms with Crippen LogP contribution in [0.3, 0.4) is 0 Å². The first-order chi connectivity index (χ1) is 14.3. The number of carboxylic acids is 1. The molecule has 0 aliphatic heterocycles. The van der Waals surface area contributed by atoms with Gasteiger partial charge in [0.25, 0.3) is 0 Å². The number of aliphatic carboxylic acids is 1. The van der Waals surface area contributed by atoms with Crippen molar-refractivity contribution in [2.75, 3.05) is 10.6 Å². The van der Waals surface area contributed by atoms with Gasteiger partial charge in [-0.2, -0.15) is 0 Å². The Balaban J connectivity index is 1.92. The van der Waals surface area contributed by atoms with Crippen LogP contribution in [0.2, 0.25) is 0 Å². The molecule has 9 nitrogen and oxygen atoms in total. The highest BCUT2D eigenvalue weighted by atomic mass is 32.1. The van der Waals surface area contributed by atoms with Crippen LogP contribution >= 0.6 is 11.3 Å². The van der Waals surface area contributed by atoms with Crippen LogP contribution in [0.5, 0.6) is 0 Å². The third-order valence-corrected chi connectivity index (χ3v) is 5.55. The number of carbonyl (C=O) groups excluding carboxylic acids is 3. The van der Waals surface area contributed by atoms with Crippen molar-refractivity contribution in [2.24, 2.45) is 5.92 Å². The van der Waals surface area contributed by atoms with E-state index in [0.29, 0.717) is 5.13 Å². The van der Waals surface area contributed by atoms with Crippen LogP contribution in [0, 0.1) is 5.92 Å². The molecule has 4 N–H and O–H groups in total. The first-order valence-electron chi connectivity index (χ1n) is 9.50. The zero-order valence-electron chi connectivity index (χ0n) is 16.3. The van der Waals surface area contributed by atoms with Crippen LogP contribution in [0.25, 0.3) is 0 Å². The van der Waals surface area contributed by atoms with Gasteiger partial charge in [0.1, 0.15) is 0 Å². The zero-order chi connectivity index (χ0) is 21.7. The maximum atomic E-state index is 13.1. The number of carboxylic acid groups (broad SMARTS) is 1. The van der Waals surface area contributed by atoms with Gasteiger partial charge in [-0.1, -0.05) is 18.9 Å². The van der Waals surface area contributed by atoms with Crippen molar-refractivity contribution < 1.29 is 24.3 Å². The third kappa shape index (κ3) is 5.20. The largest absolute Gasteiger partial charge is 0.479 e. The van der Waals surface area contributed by atoms with E-state index in [1.54, 1.807) is 11.6 Å². The predicted octanol–water partition coefficient (Wildman–Crippen LogP) is 3.42. The van der Waals surface area contributed by atoms with Gasteiger partial charge in [0.2, 0.25) is 5.91 Å². The van der Waals surface area contributed by atoms with Crippen LogP contribution in [-0.2, 0) is 9.59 Å². The number of nitrogens with one attached hydrogen (secondary N) is 3. The van der Waals surface area contributed by atoms with Crippen LogP contribution in [0.4, 0.5) is 15.6 Å². The van der Waals surface area contributed by atoms with Gasteiger partial charge in [-0.15, -0.1) is 11.3 Å². The lowest BCUT2D eigenvalue weighted by Gasteiger charge is -2.18. The maximum Gasteiger partial charge on any atom is 0.330 e. The van der Waals surface area contributed by atoms with E-state index in [1.165, 1.54) is 36.5 Å². The number of hydrogen-bond acceptors (Lipinski definition) is 6. The van der Waals surface area contributed by atoms with Crippen LogP contribution in [0.1, 0.15) is 54.6 Å². The number of carbonyl (C=O) groups is 4. The molecule has 0 radical (unpaired) electrons. The average Bonchev–Trinajstić information content (AvgIpc) is 3.39. The minimum atomic E-state index is -1.30. The van der Waals surface area contributed by atoms with Gasteiger partial charge in [0.15, 0.2) is 17.0 Å².